The molecule has 0 radical (unpaired) electrons. The molecule has 0 unspecified atom stereocenters. The largest absolute Gasteiger partial charge is 0.342 e. The minimum atomic E-state index is -0.402. The fraction of sp³-hybridized carbons (Fsp3) is 0.375. The van der Waals surface area contributed by atoms with Gasteiger partial charge in [0.2, 0.25) is 0 Å². The first-order chi connectivity index (χ1) is 9.44. The lowest BCUT2D eigenvalue weighted by atomic mass is 9.94. The Bertz CT molecular complexity index is 602. The van der Waals surface area contributed by atoms with Gasteiger partial charge in [-0.2, -0.15) is 0 Å². The number of hydrogen-bond acceptors (Lipinski definition) is 3. The summed E-state index contributed by atoms with van der Waals surface area (Å²) in [4.78, 5) is 17.6. The zero-order valence-electron chi connectivity index (χ0n) is 12.4. The van der Waals surface area contributed by atoms with E-state index in [1.165, 1.54) is 11.3 Å². The molecule has 0 saturated carbocycles. The highest BCUT2D eigenvalue weighted by Crippen LogP contribution is 2.23. The number of aromatic nitrogens is 1. The molecule has 2 rings (SSSR count). The number of benzene rings is 1. The second-order valence-corrected chi connectivity index (χ2v) is 6.40. The summed E-state index contributed by atoms with van der Waals surface area (Å²) in [5, 5.41) is 4.10. The zero-order valence-corrected chi connectivity index (χ0v) is 13.2. The van der Waals surface area contributed by atoms with Crippen molar-refractivity contribution in [2.24, 2.45) is 0 Å². The molecular formula is C16H20N2OS. The van der Waals surface area contributed by atoms with E-state index in [0.29, 0.717) is 4.88 Å². The van der Waals surface area contributed by atoms with Gasteiger partial charge in [0.1, 0.15) is 4.88 Å². The average Bonchev–Trinajstić information content (AvgIpc) is 2.81. The highest BCUT2D eigenvalue weighted by molar-refractivity contribution is 7.13. The number of amides is 1. The molecule has 0 bridgehead atoms. The van der Waals surface area contributed by atoms with Crippen molar-refractivity contribution in [2.45, 2.75) is 39.7 Å². The van der Waals surface area contributed by atoms with Crippen LogP contribution in [-0.2, 0) is 12.0 Å². The second-order valence-electron chi connectivity index (χ2n) is 5.32. The molecule has 0 aliphatic heterocycles. The third-order valence-corrected chi connectivity index (χ3v) is 4.57. The van der Waals surface area contributed by atoms with Gasteiger partial charge in [0.25, 0.3) is 5.91 Å². The van der Waals surface area contributed by atoms with Crippen molar-refractivity contribution in [2.75, 3.05) is 0 Å². The molecule has 0 fully saturated rings. The standard InChI is InChI=1S/C16H20N2OS/c1-5-13-17-11(2)14(20-13)15(19)18-16(3,4)12-9-7-6-8-10-12/h6-10H,5H2,1-4H3,(H,18,19). The Morgan fingerprint density at radius 1 is 1.30 bits per heavy atom. The van der Waals surface area contributed by atoms with Crippen LogP contribution < -0.4 is 5.32 Å². The number of rotatable bonds is 4. The van der Waals surface area contributed by atoms with Crippen molar-refractivity contribution in [1.82, 2.24) is 10.3 Å². The van der Waals surface area contributed by atoms with E-state index in [0.717, 1.165) is 22.7 Å². The van der Waals surface area contributed by atoms with Crippen molar-refractivity contribution in [1.29, 1.82) is 0 Å². The second kappa shape index (κ2) is 5.75. The Balaban J connectivity index is 2.20. The van der Waals surface area contributed by atoms with Crippen LogP contribution in [0.2, 0.25) is 0 Å². The van der Waals surface area contributed by atoms with Crippen LogP contribution in [0.5, 0.6) is 0 Å². The summed E-state index contributed by atoms with van der Waals surface area (Å²) in [6.45, 7) is 7.96. The Morgan fingerprint density at radius 2 is 1.95 bits per heavy atom. The first kappa shape index (κ1) is 14.7. The number of hydrogen-bond donors (Lipinski definition) is 1. The van der Waals surface area contributed by atoms with Gasteiger partial charge in [-0.05, 0) is 32.8 Å². The number of aryl methyl sites for hydroxylation is 2. The van der Waals surface area contributed by atoms with Crippen LogP contribution in [-0.4, -0.2) is 10.9 Å². The van der Waals surface area contributed by atoms with Crippen molar-refractivity contribution in [3.05, 3.63) is 51.5 Å². The van der Waals surface area contributed by atoms with Crippen LogP contribution in [0.3, 0.4) is 0 Å². The molecule has 1 heterocycles. The van der Waals surface area contributed by atoms with Gasteiger partial charge in [0.15, 0.2) is 0 Å². The lowest BCUT2D eigenvalue weighted by Gasteiger charge is -2.26. The molecule has 1 N–H and O–H groups in total. The molecule has 0 aliphatic rings. The Kier molecular flexibility index (Phi) is 4.23. The van der Waals surface area contributed by atoms with E-state index in [9.17, 15) is 4.79 Å². The zero-order chi connectivity index (χ0) is 14.8. The quantitative estimate of drug-likeness (QED) is 0.932. The molecular weight excluding hydrogens is 268 g/mol. The maximum absolute atomic E-state index is 12.4. The van der Waals surface area contributed by atoms with Crippen LogP contribution in [0.25, 0.3) is 0 Å². The highest BCUT2D eigenvalue weighted by atomic mass is 32.1. The van der Waals surface area contributed by atoms with Gasteiger partial charge in [0.05, 0.1) is 16.2 Å². The molecule has 2 aromatic rings. The summed E-state index contributed by atoms with van der Waals surface area (Å²) < 4.78 is 0. The molecule has 0 spiro atoms. The minimum Gasteiger partial charge on any atom is -0.342 e. The van der Waals surface area contributed by atoms with E-state index in [4.69, 9.17) is 0 Å². The van der Waals surface area contributed by atoms with E-state index in [-0.39, 0.29) is 5.91 Å². The fourth-order valence-corrected chi connectivity index (χ4v) is 2.98. The van der Waals surface area contributed by atoms with Gasteiger partial charge in [0, 0.05) is 0 Å². The topological polar surface area (TPSA) is 42.0 Å². The molecule has 1 amide bonds. The SMILES string of the molecule is CCc1nc(C)c(C(=O)NC(C)(C)c2ccccc2)s1. The number of thiazole rings is 1. The molecule has 4 heteroatoms. The van der Waals surface area contributed by atoms with Crippen molar-refractivity contribution < 1.29 is 4.79 Å². The smallest absolute Gasteiger partial charge is 0.263 e. The monoisotopic (exact) mass is 288 g/mol. The van der Waals surface area contributed by atoms with E-state index in [1.54, 1.807) is 0 Å². The number of carbonyl (C=O) groups excluding carboxylic acids is 1. The van der Waals surface area contributed by atoms with E-state index in [1.807, 2.05) is 58.0 Å². The first-order valence-corrected chi connectivity index (χ1v) is 7.60. The summed E-state index contributed by atoms with van der Waals surface area (Å²) in [5.41, 5.74) is 1.50. The minimum absolute atomic E-state index is 0.0476. The van der Waals surface area contributed by atoms with Gasteiger partial charge < -0.3 is 5.32 Å². The maximum Gasteiger partial charge on any atom is 0.263 e. The van der Waals surface area contributed by atoms with Crippen molar-refractivity contribution >= 4 is 17.2 Å². The Hall–Kier alpha value is -1.68. The summed E-state index contributed by atoms with van der Waals surface area (Å²) in [5.74, 6) is -0.0476. The molecule has 0 atom stereocenters. The average molecular weight is 288 g/mol. The number of nitrogens with one attached hydrogen (secondary N) is 1. The molecule has 3 nitrogen and oxygen atoms in total. The fourth-order valence-electron chi connectivity index (χ4n) is 2.08. The highest BCUT2D eigenvalue weighted by Gasteiger charge is 2.25. The first-order valence-electron chi connectivity index (χ1n) is 6.78. The van der Waals surface area contributed by atoms with E-state index in [2.05, 4.69) is 10.3 Å². The lowest BCUT2D eigenvalue weighted by molar-refractivity contribution is 0.0915. The van der Waals surface area contributed by atoms with E-state index >= 15 is 0 Å². The van der Waals surface area contributed by atoms with Gasteiger partial charge in [-0.3, -0.25) is 4.79 Å². The summed E-state index contributed by atoms with van der Waals surface area (Å²) in [6, 6.07) is 9.99. The van der Waals surface area contributed by atoms with Gasteiger partial charge in [-0.15, -0.1) is 11.3 Å². The third kappa shape index (κ3) is 3.07. The Morgan fingerprint density at radius 3 is 2.50 bits per heavy atom. The van der Waals surface area contributed by atoms with Crippen LogP contribution in [0.15, 0.2) is 30.3 Å². The van der Waals surface area contributed by atoms with Crippen LogP contribution in [0, 0.1) is 6.92 Å². The van der Waals surface area contributed by atoms with Crippen molar-refractivity contribution in [3.8, 4) is 0 Å². The summed E-state index contributed by atoms with van der Waals surface area (Å²) in [7, 11) is 0. The third-order valence-electron chi connectivity index (χ3n) is 3.27. The molecule has 20 heavy (non-hydrogen) atoms. The van der Waals surface area contributed by atoms with Gasteiger partial charge in [-0.1, -0.05) is 37.3 Å². The normalized spacial score (nSPS) is 11.4. The summed E-state index contributed by atoms with van der Waals surface area (Å²) in [6.07, 6.45) is 0.862. The summed E-state index contributed by atoms with van der Waals surface area (Å²) >= 11 is 1.48. The Labute approximate surface area is 124 Å². The molecule has 1 aromatic carbocycles. The maximum atomic E-state index is 12.4. The molecule has 0 aliphatic carbocycles. The predicted molar refractivity (Wildman–Crippen MR) is 83.2 cm³/mol. The van der Waals surface area contributed by atoms with Crippen LogP contribution in [0.1, 0.15) is 46.7 Å². The molecule has 0 saturated heterocycles. The van der Waals surface area contributed by atoms with Crippen LogP contribution >= 0.6 is 11.3 Å². The lowest BCUT2D eigenvalue weighted by Crippen LogP contribution is -2.40. The van der Waals surface area contributed by atoms with Crippen LogP contribution in [0.4, 0.5) is 0 Å². The van der Waals surface area contributed by atoms with Crippen molar-refractivity contribution in [3.63, 3.8) is 0 Å². The molecule has 106 valence electrons. The predicted octanol–water partition coefficient (Wildman–Crippen LogP) is 3.68. The van der Waals surface area contributed by atoms with Gasteiger partial charge in [-0.25, -0.2) is 4.98 Å². The number of carbonyl (C=O) groups is 1. The molecule has 1 aromatic heterocycles. The van der Waals surface area contributed by atoms with Gasteiger partial charge >= 0.3 is 0 Å². The van der Waals surface area contributed by atoms with E-state index < -0.39 is 5.54 Å². The number of nitrogens with zero attached hydrogens (tertiary/aromatic N) is 1.